The zero-order valence-corrected chi connectivity index (χ0v) is 8.44. The third-order valence-electron chi connectivity index (χ3n) is 2.04. The highest BCUT2D eigenvalue weighted by Crippen LogP contribution is 2.17. The van der Waals surface area contributed by atoms with Crippen molar-refractivity contribution in [3.05, 3.63) is 0 Å². The zero-order valence-electron chi connectivity index (χ0n) is 7.44. The third-order valence-corrected chi connectivity index (χ3v) is 2.96. The lowest BCUT2D eigenvalue weighted by Crippen LogP contribution is -2.37. The molecule has 1 heterocycles. The Labute approximate surface area is 77.2 Å². The van der Waals surface area contributed by atoms with Crippen LogP contribution in [0.25, 0.3) is 0 Å². The number of hydrogen-bond acceptors (Lipinski definition) is 2. The first-order valence-corrected chi connectivity index (χ1v) is 6.29. The van der Waals surface area contributed by atoms with Gasteiger partial charge in [0.15, 0.2) is 0 Å². The van der Waals surface area contributed by atoms with Gasteiger partial charge >= 0.3 is 9.08 Å². The lowest BCUT2D eigenvalue weighted by Gasteiger charge is -2.26. The minimum atomic E-state index is -5.30. The molecule has 0 atom stereocenters. The van der Waals surface area contributed by atoms with E-state index in [-0.39, 0.29) is 6.42 Å². The molecule has 0 bridgehead atoms. The van der Waals surface area contributed by atoms with Crippen LogP contribution in [-0.4, -0.2) is 46.8 Å². The van der Waals surface area contributed by atoms with Crippen molar-refractivity contribution in [2.45, 2.75) is 12.5 Å². The SMILES string of the molecule is F[Si](F)(F)CCCN1CCOCC1. The molecule has 0 aromatic heterocycles. The van der Waals surface area contributed by atoms with Crippen LogP contribution in [0.15, 0.2) is 0 Å². The first kappa shape index (κ1) is 11.0. The summed E-state index contributed by atoms with van der Waals surface area (Å²) in [7, 11) is -5.30. The predicted molar refractivity (Wildman–Crippen MR) is 45.8 cm³/mol. The second-order valence-electron chi connectivity index (χ2n) is 3.17. The summed E-state index contributed by atoms with van der Waals surface area (Å²) in [6, 6.07) is -0.537. The van der Waals surface area contributed by atoms with Crippen LogP contribution in [0.3, 0.4) is 0 Å². The highest BCUT2D eigenvalue weighted by Gasteiger charge is 2.35. The summed E-state index contributed by atoms with van der Waals surface area (Å²) in [5.41, 5.74) is 0. The number of halogens is 3. The van der Waals surface area contributed by atoms with E-state index in [4.69, 9.17) is 4.74 Å². The molecule has 0 radical (unpaired) electrons. The molecule has 13 heavy (non-hydrogen) atoms. The Hall–Kier alpha value is -0.0731. The van der Waals surface area contributed by atoms with Gasteiger partial charge in [-0.05, 0) is 13.0 Å². The van der Waals surface area contributed by atoms with E-state index in [0.717, 1.165) is 13.1 Å². The van der Waals surface area contributed by atoms with Crippen molar-refractivity contribution in [2.75, 3.05) is 32.8 Å². The number of hydrogen-bond donors (Lipinski definition) is 0. The maximum atomic E-state index is 11.9. The summed E-state index contributed by atoms with van der Waals surface area (Å²) in [4.78, 5) is 2.03. The molecule has 0 aromatic carbocycles. The van der Waals surface area contributed by atoms with Crippen LogP contribution in [0.5, 0.6) is 0 Å². The summed E-state index contributed by atoms with van der Waals surface area (Å²) >= 11 is 0. The Bertz CT molecular complexity index is 147. The van der Waals surface area contributed by atoms with Gasteiger partial charge in [-0.3, -0.25) is 4.90 Å². The van der Waals surface area contributed by atoms with Crippen molar-refractivity contribution in [3.63, 3.8) is 0 Å². The molecule has 78 valence electrons. The van der Waals surface area contributed by atoms with Crippen molar-refractivity contribution in [1.29, 1.82) is 0 Å². The fraction of sp³-hybridized carbons (Fsp3) is 1.00. The van der Waals surface area contributed by atoms with Crippen LogP contribution in [0.2, 0.25) is 6.04 Å². The van der Waals surface area contributed by atoms with E-state index in [1.54, 1.807) is 0 Å². The van der Waals surface area contributed by atoms with Crippen molar-refractivity contribution in [3.8, 4) is 0 Å². The molecule has 0 aromatic rings. The standard InChI is InChI=1S/C7H14F3NOSi/c8-13(9,10)7-1-2-11-3-5-12-6-4-11/h1-7H2. The van der Waals surface area contributed by atoms with E-state index in [9.17, 15) is 12.3 Å². The minimum Gasteiger partial charge on any atom is -0.379 e. The van der Waals surface area contributed by atoms with Crippen molar-refractivity contribution >= 4 is 9.08 Å². The average molecular weight is 213 g/mol. The molecule has 0 aliphatic carbocycles. The summed E-state index contributed by atoms with van der Waals surface area (Å²) < 4.78 is 40.8. The van der Waals surface area contributed by atoms with Crippen molar-refractivity contribution in [1.82, 2.24) is 4.90 Å². The van der Waals surface area contributed by atoms with Gasteiger partial charge in [-0.2, -0.15) is 0 Å². The van der Waals surface area contributed by atoms with Gasteiger partial charge < -0.3 is 4.74 Å². The van der Waals surface area contributed by atoms with E-state index in [0.29, 0.717) is 19.8 Å². The van der Waals surface area contributed by atoms with E-state index in [1.807, 2.05) is 4.90 Å². The van der Waals surface area contributed by atoms with Crippen LogP contribution >= 0.6 is 0 Å². The maximum Gasteiger partial charge on any atom is 0.616 e. The third kappa shape index (κ3) is 5.27. The predicted octanol–water partition coefficient (Wildman–Crippen LogP) is 1.56. The van der Waals surface area contributed by atoms with E-state index in [2.05, 4.69) is 0 Å². The number of ether oxygens (including phenoxy) is 1. The fourth-order valence-electron chi connectivity index (χ4n) is 1.33. The Kier molecular flexibility index (Phi) is 4.21. The van der Waals surface area contributed by atoms with Crippen LogP contribution in [0.4, 0.5) is 12.3 Å². The molecule has 6 heteroatoms. The van der Waals surface area contributed by atoms with Gasteiger partial charge in [-0.25, -0.2) is 12.3 Å². The second kappa shape index (κ2) is 4.97. The van der Waals surface area contributed by atoms with Gasteiger partial charge in [0.1, 0.15) is 0 Å². The molecule has 0 spiro atoms. The highest BCUT2D eigenvalue weighted by molar-refractivity contribution is 6.58. The number of rotatable bonds is 4. The summed E-state index contributed by atoms with van der Waals surface area (Å²) in [5.74, 6) is 0. The Morgan fingerprint density at radius 2 is 1.77 bits per heavy atom. The Morgan fingerprint density at radius 3 is 2.31 bits per heavy atom. The molecule has 0 N–H and O–H groups in total. The van der Waals surface area contributed by atoms with Gasteiger partial charge in [-0.15, -0.1) is 0 Å². The maximum absolute atomic E-state index is 11.9. The normalized spacial score (nSPS) is 20.5. The van der Waals surface area contributed by atoms with Gasteiger partial charge in [0.05, 0.1) is 13.2 Å². The first-order chi connectivity index (χ1) is 6.08. The molecule has 1 fully saturated rings. The van der Waals surface area contributed by atoms with Gasteiger partial charge in [-0.1, -0.05) is 0 Å². The molecule has 1 rings (SSSR count). The lowest BCUT2D eigenvalue weighted by molar-refractivity contribution is 0.0378. The van der Waals surface area contributed by atoms with E-state index < -0.39 is 15.1 Å². The molecular formula is C7H14F3NOSi. The molecule has 1 aliphatic heterocycles. The monoisotopic (exact) mass is 213 g/mol. The fourth-order valence-corrected chi connectivity index (χ4v) is 1.89. The zero-order chi connectivity index (χ0) is 9.73. The number of morpholine rings is 1. The first-order valence-electron chi connectivity index (χ1n) is 4.45. The van der Waals surface area contributed by atoms with Crippen LogP contribution in [0, 0.1) is 0 Å². The van der Waals surface area contributed by atoms with Crippen molar-refractivity contribution < 1.29 is 17.1 Å². The second-order valence-corrected chi connectivity index (χ2v) is 4.90. The van der Waals surface area contributed by atoms with Crippen LogP contribution in [0.1, 0.15) is 6.42 Å². The highest BCUT2D eigenvalue weighted by atomic mass is 28.5. The quantitative estimate of drug-likeness (QED) is 0.519. The number of nitrogens with zero attached hydrogens (tertiary/aromatic N) is 1. The minimum absolute atomic E-state index is 0.260. The molecule has 0 unspecified atom stereocenters. The van der Waals surface area contributed by atoms with Crippen LogP contribution in [-0.2, 0) is 4.74 Å². The largest absolute Gasteiger partial charge is 0.616 e. The van der Waals surface area contributed by atoms with E-state index >= 15 is 0 Å². The topological polar surface area (TPSA) is 12.5 Å². The van der Waals surface area contributed by atoms with E-state index in [1.165, 1.54) is 0 Å². The summed E-state index contributed by atoms with van der Waals surface area (Å²) in [5, 5.41) is 0. The van der Waals surface area contributed by atoms with Gasteiger partial charge in [0.25, 0.3) is 0 Å². The lowest BCUT2D eigenvalue weighted by atomic mass is 10.3. The van der Waals surface area contributed by atoms with Gasteiger partial charge in [0, 0.05) is 19.1 Å². The van der Waals surface area contributed by atoms with Crippen molar-refractivity contribution in [2.24, 2.45) is 0 Å². The smallest absolute Gasteiger partial charge is 0.379 e. The molecule has 1 aliphatic rings. The molecule has 2 nitrogen and oxygen atoms in total. The summed E-state index contributed by atoms with van der Waals surface area (Å²) in [6.07, 6.45) is 0.260. The Morgan fingerprint density at radius 1 is 1.15 bits per heavy atom. The molecule has 0 saturated carbocycles. The molecule has 0 amide bonds. The van der Waals surface area contributed by atoms with Gasteiger partial charge in [0.2, 0.25) is 0 Å². The Balaban J connectivity index is 2.04. The molecular weight excluding hydrogens is 199 g/mol. The molecule has 1 saturated heterocycles. The summed E-state index contributed by atoms with van der Waals surface area (Å²) in [6.45, 7) is 3.43. The average Bonchev–Trinajstić information content (AvgIpc) is 2.04. The van der Waals surface area contributed by atoms with Crippen LogP contribution < -0.4 is 0 Å².